The van der Waals surface area contributed by atoms with Crippen molar-refractivity contribution in [1.82, 2.24) is 4.98 Å². The summed E-state index contributed by atoms with van der Waals surface area (Å²) in [6.07, 6.45) is 4.70. The van der Waals surface area contributed by atoms with Gasteiger partial charge in [-0.05, 0) is 31.7 Å². The van der Waals surface area contributed by atoms with Gasteiger partial charge in [-0.15, -0.1) is 0 Å². The second-order valence-corrected chi connectivity index (χ2v) is 5.16. The molecule has 1 heterocycles. The number of halogens is 2. The molecule has 0 aliphatic heterocycles. The van der Waals surface area contributed by atoms with Crippen LogP contribution in [0.5, 0.6) is 0 Å². The van der Waals surface area contributed by atoms with Crippen molar-refractivity contribution in [3.8, 4) is 0 Å². The average Bonchev–Trinajstić information content (AvgIpc) is 2.24. The van der Waals surface area contributed by atoms with Crippen molar-refractivity contribution in [1.29, 1.82) is 0 Å². The van der Waals surface area contributed by atoms with Crippen LogP contribution in [0.25, 0.3) is 0 Å². The molecule has 17 heavy (non-hydrogen) atoms. The Morgan fingerprint density at radius 2 is 2.00 bits per heavy atom. The first-order valence-corrected chi connectivity index (χ1v) is 6.82. The first-order chi connectivity index (χ1) is 8.20. The SMILES string of the molecule is CCCNc1nc(NC2CCC2)c(Cl)cc1Cl. The molecule has 2 rings (SSSR count). The Bertz CT molecular complexity index is 392. The molecule has 1 aliphatic rings. The molecule has 0 bridgehead atoms. The Balaban J connectivity index is 2.12. The molecular weight excluding hydrogens is 257 g/mol. The van der Waals surface area contributed by atoms with Gasteiger partial charge in [-0.1, -0.05) is 30.1 Å². The van der Waals surface area contributed by atoms with Crippen molar-refractivity contribution >= 4 is 34.8 Å². The molecule has 0 unspecified atom stereocenters. The molecule has 0 atom stereocenters. The van der Waals surface area contributed by atoms with Crippen LogP contribution < -0.4 is 10.6 Å². The number of pyridine rings is 1. The fourth-order valence-corrected chi connectivity index (χ4v) is 2.16. The Morgan fingerprint density at radius 1 is 1.29 bits per heavy atom. The molecule has 2 N–H and O–H groups in total. The summed E-state index contributed by atoms with van der Waals surface area (Å²) in [5.41, 5.74) is 0. The highest BCUT2D eigenvalue weighted by Crippen LogP contribution is 2.31. The van der Waals surface area contributed by atoms with Gasteiger partial charge in [-0.3, -0.25) is 0 Å². The number of rotatable bonds is 5. The molecule has 5 heteroatoms. The first kappa shape index (κ1) is 12.8. The summed E-state index contributed by atoms with van der Waals surface area (Å²) in [7, 11) is 0. The fourth-order valence-electron chi connectivity index (χ4n) is 1.68. The molecule has 1 aliphatic carbocycles. The van der Waals surface area contributed by atoms with Gasteiger partial charge in [0.2, 0.25) is 0 Å². The molecule has 1 aromatic rings. The summed E-state index contributed by atoms with van der Waals surface area (Å²) < 4.78 is 0. The van der Waals surface area contributed by atoms with Gasteiger partial charge in [0, 0.05) is 12.6 Å². The molecule has 0 saturated heterocycles. The van der Waals surface area contributed by atoms with E-state index in [0.29, 0.717) is 21.9 Å². The summed E-state index contributed by atoms with van der Waals surface area (Å²) >= 11 is 12.2. The van der Waals surface area contributed by atoms with E-state index in [2.05, 4.69) is 22.5 Å². The molecule has 1 saturated carbocycles. The van der Waals surface area contributed by atoms with Gasteiger partial charge in [-0.2, -0.15) is 0 Å². The molecule has 1 fully saturated rings. The lowest BCUT2D eigenvalue weighted by molar-refractivity contribution is 0.444. The molecule has 0 radical (unpaired) electrons. The second-order valence-electron chi connectivity index (χ2n) is 4.35. The lowest BCUT2D eigenvalue weighted by Gasteiger charge is -2.27. The number of nitrogens with one attached hydrogen (secondary N) is 2. The predicted octanol–water partition coefficient (Wildman–Crippen LogP) is 4.17. The summed E-state index contributed by atoms with van der Waals surface area (Å²) in [5, 5.41) is 7.71. The van der Waals surface area contributed by atoms with Crippen LogP contribution in [-0.2, 0) is 0 Å². The molecule has 3 nitrogen and oxygen atoms in total. The zero-order valence-corrected chi connectivity index (χ0v) is 11.4. The normalized spacial score (nSPS) is 15.5. The van der Waals surface area contributed by atoms with Crippen LogP contribution >= 0.6 is 23.2 Å². The van der Waals surface area contributed by atoms with E-state index >= 15 is 0 Å². The maximum absolute atomic E-state index is 6.12. The topological polar surface area (TPSA) is 37.0 Å². The zero-order valence-electron chi connectivity index (χ0n) is 9.89. The number of hydrogen-bond donors (Lipinski definition) is 2. The number of aromatic nitrogens is 1. The zero-order chi connectivity index (χ0) is 12.3. The molecule has 0 spiro atoms. The van der Waals surface area contributed by atoms with Crippen molar-refractivity contribution in [3.63, 3.8) is 0 Å². The van der Waals surface area contributed by atoms with Gasteiger partial charge in [-0.25, -0.2) is 4.98 Å². The maximum Gasteiger partial charge on any atom is 0.147 e. The molecule has 0 aromatic carbocycles. The predicted molar refractivity (Wildman–Crippen MR) is 74.3 cm³/mol. The molecule has 94 valence electrons. The maximum atomic E-state index is 6.12. The Hall–Kier alpha value is -0.670. The second kappa shape index (κ2) is 5.78. The first-order valence-electron chi connectivity index (χ1n) is 6.07. The minimum Gasteiger partial charge on any atom is -0.369 e. The van der Waals surface area contributed by atoms with Gasteiger partial charge in [0.25, 0.3) is 0 Å². The Kier molecular flexibility index (Phi) is 4.35. The van der Waals surface area contributed by atoms with Gasteiger partial charge in [0.15, 0.2) is 0 Å². The van der Waals surface area contributed by atoms with Gasteiger partial charge in [0.1, 0.15) is 11.6 Å². The highest BCUT2D eigenvalue weighted by Gasteiger charge is 2.19. The lowest BCUT2D eigenvalue weighted by atomic mass is 9.93. The minimum absolute atomic E-state index is 0.514. The van der Waals surface area contributed by atoms with Crippen LogP contribution in [0.1, 0.15) is 32.6 Å². The molecular formula is C12H17Cl2N3. The third kappa shape index (κ3) is 3.17. The van der Waals surface area contributed by atoms with E-state index in [1.54, 1.807) is 6.07 Å². The molecule has 1 aromatic heterocycles. The van der Waals surface area contributed by atoms with Crippen molar-refractivity contribution in [2.45, 2.75) is 38.6 Å². The highest BCUT2D eigenvalue weighted by molar-refractivity contribution is 6.37. The van der Waals surface area contributed by atoms with Gasteiger partial charge in [0.05, 0.1) is 10.0 Å². The lowest BCUT2D eigenvalue weighted by Crippen LogP contribution is -2.27. The third-order valence-corrected chi connectivity index (χ3v) is 3.49. The largest absolute Gasteiger partial charge is 0.369 e. The fraction of sp³-hybridized carbons (Fsp3) is 0.583. The summed E-state index contributed by atoms with van der Waals surface area (Å²) in [6.45, 7) is 2.96. The van der Waals surface area contributed by atoms with Gasteiger partial charge >= 0.3 is 0 Å². The van der Waals surface area contributed by atoms with Crippen LogP contribution in [0.15, 0.2) is 6.07 Å². The highest BCUT2D eigenvalue weighted by atomic mass is 35.5. The van der Waals surface area contributed by atoms with Crippen LogP contribution in [0.2, 0.25) is 10.0 Å². The third-order valence-electron chi connectivity index (χ3n) is 2.92. The van der Waals surface area contributed by atoms with E-state index in [1.165, 1.54) is 19.3 Å². The quantitative estimate of drug-likeness (QED) is 0.845. The van der Waals surface area contributed by atoms with Crippen LogP contribution in [0, 0.1) is 0 Å². The Labute approximate surface area is 112 Å². The van der Waals surface area contributed by atoms with Crippen molar-refractivity contribution in [2.24, 2.45) is 0 Å². The summed E-state index contributed by atoms with van der Waals surface area (Å²) in [6, 6.07) is 2.26. The van der Waals surface area contributed by atoms with Crippen molar-refractivity contribution < 1.29 is 0 Å². The van der Waals surface area contributed by atoms with Crippen molar-refractivity contribution in [3.05, 3.63) is 16.1 Å². The monoisotopic (exact) mass is 273 g/mol. The smallest absolute Gasteiger partial charge is 0.147 e. The van der Waals surface area contributed by atoms with E-state index in [9.17, 15) is 0 Å². The van der Waals surface area contributed by atoms with Crippen molar-refractivity contribution in [2.75, 3.05) is 17.2 Å². The van der Waals surface area contributed by atoms with E-state index in [-0.39, 0.29) is 0 Å². The average molecular weight is 274 g/mol. The van der Waals surface area contributed by atoms with Gasteiger partial charge < -0.3 is 10.6 Å². The van der Waals surface area contributed by atoms with E-state index in [1.807, 2.05) is 0 Å². The van der Waals surface area contributed by atoms with Crippen LogP contribution in [0.4, 0.5) is 11.6 Å². The van der Waals surface area contributed by atoms with E-state index in [0.717, 1.165) is 18.8 Å². The van der Waals surface area contributed by atoms with E-state index < -0.39 is 0 Å². The summed E-state index contributed by atoms with van der Waals surface area (Å²) in [5.74, 6) is 1.44. The van der Waals surface area contributed by atoms with E-state index in [4.69, 9.17) is 23.2 Å². The minimum atomic E-state index is 0.514. The van der Waals surface area contributed by atoms with Crippen LogP contribution in [0.3, 0.4) is 0 Å². The number of anilines is 2. The number of hydrogen-bond acceptors (Lipinski definition) is 3. The standard InChI is InChI=1S/C12H17Cl2N3/c1-2-6-15-11-9(13)7-10(14)12(17-11)16-8-4-3-5-8/h7-8H,2-6H2,1H3,(H2,15,16,17). The molecule has 0 amide bonds. The Morgan fingerprint density at radius 3 is 2.59 bits per heavy atom. The van der Waals surface area contributed by atoms with Crippen LogP contribution in [-0.4, -0.2) is 17.6 Å². The number of nitrogens with zero attached hydrogens (tertiary/aromatic N) is 1. The summed E-state index contributed by atoms with van der Waals surface area (Å²) in [4.78, 5) is 4.45.